The molecule has 1 aromatic carbocycles. The summed E-state index contributed by atoms with van der Waals surface area (Å²) in [4.78, 5) is 25.4. The van der Waals surface area contributed by atoms with E-state index in [-0.39, 0.29) is 4.38 Å². The molecule has 0 spiro atoms. The van der Waals surface area contributed by atoms with Crippen molar-refractivity contribution in [3.8, 4) is 0 Å². The van der Waals surface area contributed by atoms with Gasteiger partial charge in [0.15, 0.2) is 0 Å². The summed E-state index contributed by atoms with van der Waals surface area (Å²) in [5.74, 6) is 1.74. The number of hydrogen-bond donors (Lipinski definition) is 1. The summed E-state index contributed by atoms with van der Waals surface area (Å²) in [5.41, 5.74) is 1.06. The van der Waals surface area contributed by atoms with Gasteiger partial charge in [0.25, 0.3) is 0 Å². The zero-order chi connectivity index (χ0) is 18.1. The average Bonchev–Trinajstić information content (AvgIpc) is 2.61. The van der Waals surface area contributed by atoms with Crippen molar-refractivity contribution < 1.29 is 66.8 Å². The monoisotopic (exact) mass is 795 g/mol. The van der Waals surface area contributed by atoms with Crippen LogP contribution in [0.5, 0.6) is 0 Å². The fraction of sp³-hybridized carbons (Fsp3) is 0.438. The van der Waals surface area contributed by atoms with Gasteiger partial charge in [-0.2, -0.15) is 0 Å². The van der Waals surface area contributed by atoms with Crippen LogP contribution in [0, 0.1) is 42.8 Å². The minimum absolute atomic E-state index is 0.195. The fourth-order valence-corrected chi connectivity index (χ4v) is 6.61. The van der Waals surface area contributed by atoms with Gasteiger partial charge in [0.05, 0.1) is 0 Å². The van der Waals surface area contributed by atoms with Gasteiger partial charge in [-0.05, 0) is 0 Å². The number of anilines is 2. The molecule has 0 atom stereocenters. The molecule has 1 amide bonds. The number of aromatic nitrogens is 2. The third kappa shape index (κ3) is 4.95. The molecular formula is C16H19N5ORaRbRe. The van der Waals surface area contributed by atoms with Crippen molar-refractivity contribution in [1.29, 1.82) is 0 Å². The Morgan fingerprint density at radius 2 is 2.08 bits per heavy atom. The fourth-order valence-electron chi connectivity index (χ4n) is 3.30. The molecule has 2 aromatic rings. The maximum absolute atomic E-state index is 11.6. The quantitative estimate of drug-likeness (QED) is 0.473. The van der Waals surface area contributed by atoms with E-state index in [1.54, 1.807) is -0.764 Å². The molecule has 124 valence electrons. The molecule has 1 fully saturated rings. The molecule has 0 saturated carbocycles. The van der Waals surface area contributed by atoms with Gasteiger partial charge in [0, 0.05) is 0 Å². The van der Waals surface area contributed by atoms with Crippen molar-refractivity contribution in [3.63, 3.8) is 0 Å². The first-order valence-corrected chi connectivity index (χ1v) is 16.5. The third-order valence-corrected chi connectivity index (χ3v) is 23.2. The number of benzene rings is 1. The minimum atomic E-state index is 0.195. The van der Waals surface area contributed by atoms with Crippen LogP contribution in [0.1, 0.15) is 12.8 Å². The van der Waals surface area contributed by atoms with E-state index >= 15 is 0 Å². The van der Waals surface area contributed by atoms with Crippen LogP contribution in [0.2, 0.25) is 0 Å². The predicted octanol–water partition coefficient (Wildman–Crippen LogP) is -0.0604. The molecule has 25 heavy (non-hydrogen) atoms. The Morgan fingerprint density at radius 3 is 2.68 bits per heavy atom. The van der Waals surface area contributed by atoms with Crippen LogP contribution < -0.4 is 9.45 Å². The standard InChI is InChI=1S/C16H18N5O.Ra.Rb.Re.H/c1-17-15-13-5-3-4-6-14(13)18-16(19-15)21-9-7-12(8-10-21)20(2)11-22;;;;/h5-6,12H,7-10H2,1-2H3,(H,17,18,19);;;;. The summed E-state index contributed by atoms with van der Waals surface area (Å²) in [5, 5.41) is 4.40. The van der Waals surface area contributed by atoms with Crippen LogP contribution in [0.3, 0.4) is 0 Å². The molecular weight excluding hydrogens is 776 g/mol. The second-order valence-electron chi connectivity index (χ2n) is 6.66. The van der Waals surface area contributed by atoms with Crippen molar-refractivity contribution in [2.24, 2.45) is 0 Å². The van der Waals surface area contributed by atoms with Crippen molar-refractivity contribution in [2.45, 2.75) is 18.9 Å². The Balaban J connectivity index is 1.87. The number of fused-ring (bicyclic) bond motifs is 1. The topological polar surface area (TPSA) is 61.4 Å². The maximum atomic E-state index is 11.6. The molecule has 9 heteroatoms. The Morgan fingerprint density at radius 1 is 1.40 bits per heavy atom. The van der Waals surface area contributed by atoms with Gasteiger partial charge < -0.3 is 0 Å². The number of hydrogen-bond acceptors (Lipinski definition) is 5. The number of piperidine rings is 1. The first-order chi connectivity index (χ1) is 11.9. The summed E-state index contributed by atoms with van der Waals surface area (Å²) in [6.45, 7) is 1.79. The molecule has 2 heterocycles. The summed E-state index contributed by atoms with van der Waals surface area (Å²) in [6, 6.07) is 4.93. The summed E-state index contributed by atoms with van der Waals surface area (Å²) < 4.78 is 3.31. The van der Waals surface area contributed by atoms with Crippen molar-refractivity contribution >= 4 is 81.8 Å². The number of carbonyl (C=O) groups excluding carboxylic acids is 1. The van der Waals surface area contributed by atoms with Gasteiger partial charge in [0.1, 0.15) is 0 Å². The Kier molecular flexibility index (Phi) is 7.98. The van der Waals surface area contributed by atoms with Crippen molar-refractivity contribution in [1.82, 2.24) is 14.9 Å². The number of carbonyl (C=O) groups is 1. The van der Waals surface area contributed by atoms with Gasteiger partial charge in [0.2, 0.25) is 0 Å². The number of rotatable bonds is 3. The molecule has 1 aromatic heterocycles. The second kappa shape index (κ2) is 9.38. The van der Waals surface area contributed by atoms with Gasteiger partial charge in [-0.1, -0.05) is 0 Å². The van der Waals surface area contributed by atoms with Crippen LogP contribution in [0.4, 0.5) is 16.6 Å². The predicted molar refractivity (Wildman–Crippen MR) is 93.9 cm³/mol. The van der Waals surface area contributed by atoms with E-state index in [1.165, 1.54) is 19.2 Å². The SMILES string of the molecule is CNc1nc(N2CCC(N(C)[C](=O)[Re])CC2)nc2c[c]([Rb])[c]([RaH])cc12. The first-order valence-electron chi connectivity index (χ1n) is 8.54. The van der Waals surface area contributed by atoms with Crippen LogP contribution in [-0.4, -0.2) is 108 Å². The molecule has 1 saturated heterocycles. The summed E-state index contributed by atoms with van der Waals surface area (Å²) in [7, 11) is 3.84. The van der Waals surface area contributed by atoms with E-state index in [1.807, 2.05) is 19.0 Å². The normalized spacial score (nSPS) is 15.4. The third-order valence-electron chi connectivity index (χ3n) is 5.11. The average molecular weight is 795 g/mol. The molecule has 1 aliphatic heterocycles. The second-order valence-corrected chi connectivity index (χ2v) is 14.9. The number of nitrogens with zero attached hydrogens (tertiary/aromatic N) is 4. The van der Waals surface area contributed by atoms with Gasteiger partial charge in [-0.25, -0.2) is 0 Å². The van der Waals surface area contributed by atoms with Crippen molar-refractivity contribution in [3.05, 3.63) is 12.1 Å². The van der Waals surface area contributed by atoms with Crippen LogP contribution in [-0.2, 0) is 19.2 Å². The molecule has 6 nitrogen and oxygen atoms in total. The number of amides is 1. The zero-order valence-electron chi connectivity index (χ0n) is 15.1. The van der Waals surface area contributed by atoms with Crippen molar-refractivity contribution in [2.75, 3.05) is 37.4 Å². The zero-order valence-corrected chi connectivity index (χ0v) is 31.0. The molecule has 0 unspecified atom stereocenters. The molecule has 0 aliphatic carbocycles. The molecule has 0 radical (unpaired) electrons. The van der Waals surface area contributed by atoms with Gasteiger partial charge in [-0.15, -0.1) is 0 Å². The molecule has 0 bridgehead atoms. The first kappa shape index (κ1) is 21.3. The van der Waals surface area contributed by atoms with E-state index < -0.39 is 0 Å². The molecule has 3 rings (SSSR count). The van der Waals surface area contributed by atoms with E-state index in [2.05, 4.69) is 22.3 Å². The van der Waals surface area contributed by atoms with Crippen LogP contribution in [0.25, 0.3) is 10.9 Å². The van der Waals surface area contributed by atoms with E-state index in [4.69, 9.17) is 9.97 Å². The Bertz CT molecular complexity index is 813. The van der Waals surface area contributed by atoms with Gasteiger partial charge in [-0.3, -0.25) is 0 Å². The van der Waals surface area contributed by atoms with E-state index in [0.717, 1.165) is 48.6 Å². The summed E-state index contributed by atoms with van der Waals surface area (Å²) in [6.07, 6.45) is 1.94. The Labute approximate surface area is 227 Å². The van der Waals surface area contributed by atoms with Crippen LogP contribution in [0.15, 0.2) is 12.1 Å². The van der Waals surface area contributed by atoms with Crippen LogP contribution >= 0.6 is 0 Å². The Hall–Kier alpha value is 1.57. The van der Waals surface area contributed by atoms with E-state index in [0.29, 0.717) is 104 Å². The molecule has 1 N–H and O–H groups in total. The molecule has 1 aliphatic rings. The number of nitrogens with one attached hydrogen (secondary N) is 1. The summed E-state index contributed by atoms with van der Waals surface area (Å²) >= 11 is 2.09. The van der Waals surface area contributed by atoms with Gasteiger partial charge >= 0.3 is 232 Å². The van der Waals surface area contributed by atoms with E-state index in [9.17, 15) is 4.79 Å².